The van der Waals surface area contributed by atoms with Gasteiger partial charge >= 0.3 is 0 Å². The van der Waals surface area contributed by atoms with Gasteiger partial charge in [-0.05, 0) is 12.8 Å². The molecule has 1 saturated heterocycles. The summed E-state index contributed by atoms with van der Waals surface area (Å²) in [6.45, 7) is 0.997. The summed E-state index contributed by atoms with van der Waals surface area (Å²) in [6, 6.07) is 0. The van der Waals surface area contributed by atoms with Crippen LogP contribution in [-0.4, -0.2) is 31.7 Å². The first-order chi connectivity index (χ1) is 4.88. The van der Waals surface area contributed by atoms with Crippen LogP contribution in [0, 0.1) is 5.92 Å². The zero-order valence-electron chi connectivity index (χ0n) is 6.25. The third-order valence-corrected chi connectivity index (χ3v) is 1.89. The lowest BCUT2D eigenvalue weighted by Gasteiger charge is -2.14. The zero-order valence-corrected chi connectivity index (χ0v) is 6.25. The second-order valence-electron chi connectivity index (χ2n) is 2.54. The van der Waals surface area contributed by atoms with Gasteiger partial charge in [0.1, 0.15) is 0 Å². The van der Waals surface area contributed by atoms with Crippen molar-refractivity contribution in [2.75, 3.05) is 20.3 Å². The predicted molar refractivity (Wildman–Crippen MR) is 36.6 cm³/mol. The molecule has 1 aliphatic heterocycles. The molecule has 0 aromatic rings. The predicted octanol–water partition coefficient (Wildman–Crippen LogP) is 0.378. The van der Waals surface area contributed by atoms with Crippen molar-refractivity contribution >= 4 is 0 Å². The van der Waals surface area contributed by atoms with Crippen LogP contribution in [0.25, 0.3) is 0 Å². The van der Waals surface area contributed by atoms with Crippen LogP contribution < -0.4 is 0 Å². The van der Waals surface area contributed by atoms with Gasteiger partial charge < -0.3 is 14.6 Å². The van der Waals surface area contributed by atoms with Gasteiger partial charge in [0, 0.05) is 19.6 Å². The maximum absolute atomic E-state index is 8.63. The third-order valence-electron chi connectivity index (χ3n) is 1.89. The van der Waals surface area contributed by atoms with Crippen LogP contribution in [0.2, 0.25) is 0 Å². The van der Waals surface area contributed by atoms with E-state index in [4.69, 9.17) is 14.6 Å². The van der Waals surface area contributed by atoms with E-state index in [0.717, 1.165) is 19.4 Å². The molecule has 10 heavy (non-hydrogen) atoms. The van der Waals surface area contributed by atoms with Gasteiger partial charge in [-0.15, -0.1) is 0 Å². The van der Waals surface area contributed by atoms with Crippen LogP contribution in [0.5, 0.6) is 0 Å². The van der Waals surface area contributed by atoms with Gasteiger partial charge in [-0.3, -0.25) is 0 Å². The number of hydrogen-bond acceptors (Lipinski definition) is 3. The monoisotopic (exact) mass is 146 g/mol. The summed E-state index contributed by atoms with van der Waals surface area (Å²) in [4.78, 5) is 0. The molecule has 3 nitrogen and oxygen atoms in total. The third kappa shape index (κ3) is 1.68. The lowest BCUT2D eigenvalue weighted by Crippen LogP contribution is -2.18. The topological polar surface area (TPSA) is 38.7 Å². The first-order valence-electron chi connectivity index (χ1n) is 3.63. The average molecular weight is 146 g/mol. The van der Waals surface area contributed by atoms with Crippen molar-refractivity contribution < 1.29 is 14.6 Å². The summed E-state index contributed by atoms with van der Waals surface area (Å²) in [7, 11) is 1.64. The van der Waals surface area contributed by atoms with E-state index in [-0.39, 0.29) is 12.9 Å². The molecule has 1 unspecified atom stereocenters. The number of hydrogen-bond donors (Lipinski definition) is 1. The Kier molecular flexibility index (Phi) is 3.12. The van der Waals surface area contributed by atoms with Crippen LogP contribution in [0.3, 0.4) is 0 Å². The van der Waals surface area contributed by atoms with E-state index in [1.54, 1.807) is 7.11 Å². The minimum Gasteiger partial charge on any atom is -0.396 e. The van der Waals surface area contributed by atoms with Gasteiger partial charge in [-0.2, -0.15) is 0 Å². The van der Waals surface area contributed by atoms with Crippen molar-refractivity contribution in [3.8, 4) is 0 Å². The van der Waals surface area contributed by atoms with Crippen molar-refractivity contribution in [3.63, 3.8) is 0 Å². The molecule has 1 aliphatic rings. The normalized spacial score (nSPS) is 33.0. The van der Waals surface area contributed by atoms with Gasteiger partial charge in [0.05, 0.1) is 6.61 Å². The molecule has 1 fully saturated rings. The molecule has 0 spiro atoms. The van der Waals surface area contributed by atoms with Gasteiger partial charge in [-0.1, -0.05) is 0 Å². The summed E-state index contributed by atoms with van der Waals surface area (Å²) in [5.41, 5.74) is 0. The van der Waals surface area contributed by atoms with Gasteiger partial charge in [-0.25, -0.2) is 0 Å². The average Bonchev–Trinajstić information content (AvgIpc) is 2.36. The van der Waals surface area contributed by atoms with E-state index in [9.17, 15) is 0 Å². The molecule has 0 saturated carbocycles. The second kappa shape index (κ2) is 3.91. The lowest BCUT2D eigenvalue weighted by molar-refractivity contribution is -0.112. The molecule has 0 amide bonds. The molecule has 60 valence electrons. The molecule has 0 aliphatic carbocycles. The van der Waals surface area contributed by atoms with Gasteiger partial charge in [0.2, 0.25) is 0 Å². The molecular weight excluding hydrogens is 132 g/mol. The van der Waals surface area contributed by atoms with E-state index < -0.39 is 0 Å². The Morgan fingerprint density at radius 1 is 1.70 bits per heavy atom. The molecule has 0 radical (unpaired) electrons. The van der Waals surface area contributed by atoms with E-state index in [0.29, 0.717) is 5.92 Å². The fourth-order valence-corrected chi connectivity index (χ4v) is 1.31. The SMILES string of the molecule is COC1OCC[C@@H]1CCO. The largest absolute Gasteiger partial charge is 0.396 e. The summed E-state index contributed by atoms with van der Waals surface area (Å²) in [6.07, 6.45) is 1.73. The lowest BCUT2D eigenvalue weighted by atomic mass is 10.0. The maximum atomic E-state index is 8.63. The van der Waals surface area contributed by atoms with Crippen LogP contribution in [0.4, 0.5) is 0 Å². The Hall–Kier alpha value is -0.120. The number of methoxy groups -OCH3 is 1. The number of rotatable bonds is 3. The molecule has 0 aromatic carbocycles. The second-order valence-corrected chi connectivity index (χ2v) is 2.54. The summed E-state index contributed by atoms with van der Waals surface area (Å²) < 4.78 is 10.3. The van der Waals surface area contributed by atoms with E-state index in [1.165, 1.54) is 0 Å². The Bertz CT molecular complexity index is 94.9. The fourth-order valence-electron chi connectivity index (χ4n) is 1.31. The quantitative estimate of drug-likeness (QED) is 0.625. The van der Waals surface area contributed by atoms with Crippen molar-refractivity contribution in [2.45, 2.75) is 19.1 Å². The highest BCUT2D eigenvalue weighted by Gasteiger charge is 2.26. The minimum atomic E-state index is -0.0767. The van der Waals surface area contributed by atoms with E-state index in [2.05, 4.69) is 0 Å². The summed E-state index contributed by atoms with van der Waals surface area (Å²) in [5.74, 6) is 0.398. The Morgan fingerprint density at radius 3 is 3.10 bits per heavy atom. The Labute approximate surface area is 60.9 Å². The zero-order chi connectivity index (χ0) is 7.40. The molecule has 3 heteroatoms. The summed E-state index contributed by atoms with van der Waals surface area (Å²) in [5, 5.41) is 8.63. The van der Waals surface area contributed by atoms with E-state index in [1.807, 2.05) is 0 Å². The first-order valence-corrected chi connectivity index (χ1v) is 3.63. The van der Waals surface area contributed by atoms with Crippen LogP contribution >= 0.6 is 0 Å². The van der Waals surface area contributed by atoms with Crippen LogP contribution in [-0.2, 0) is 9.47 Å². The number of ether oxygens (including phenoxy) is 2. The van der Waals surface area contributed by atoms with Gasteiger partial charge in [0.15, 0.2) is 6.29 Å². The molecular formula is C7H14O3. The minimum absolute atomic E-state index is 0.0767. The molecule has 0 bridgehead atoms. The standard InChI is InChI=1S/C7H14O3/c1-9-7-6(2-4-8)3-5-10-7/h6-8H,2-5H2,1H3/t6-,7?/m0/s1. The number of aliphatic hydroxyl groups excluding tert-OH is 1. The maximum Gasteiger partial charge on any atom is 0.160 e. The fraction of sp³-hybridized carbons (Fsp3) is 1.00. The molecule has 1 rings (SSSR count). The van der Waals surface area contributed by atoms with E-state index >= 15 is 0 Å². The highest BCUT2D eigenvalue weighted by atomic mass is 16.7. The molecule has 1 heterocycles. The van der Waals surface area contributed by atoms with Crippen LogP contribution in [0.15, 0.2) is 0 Å². The molecule has 0 aromatic heterocycles. The Balaban J connectivity index is 2.27. The smallest absolute Gasteiger partial charge is 0.160 e. The van der Waals surface area contributed by atoms with Gasteiger partial charge in [0.25, 0.3) is 0 Å². The number of aliphatic hydroxyl groups is 1. The van der Waals surface area contributed by atoms with Crippen molar-refractivity contribution in [1.29, 1.82) is 0 Å². The van der Waals surface area contributed by atoms with Crippen molar-refractivity contribution in [1.82, 2.24) is 0 Å². The summed E-state index contributed by atoms with van der Waals surface area (Å²) >= 11 is 0. The van der Waals surface area contributed by atoms with Crippen molar-refractivity contribution in [2.24, 2.45) is 5.92 Å². The van der Waals surface area contributed by atoms with Crippen LogP contribution in [0.1, 0.15) is 12.8 Å². The highest BCUT2D eigenvalue weighted by molar-refractivity contribution is 4.68. The Morgan fingerprint density at radius 2 is 2.50 bits per heavy atom. The van der Waals surface area contributed by atoms with Crippen molar-refractivity contribution in [3.05, 3.63) is 0 Å². The molecule has 2 atom stereocenters. The highest BCUT2D eigenvalue weighted by Crippen LogP contribution is 2.23. The first kappa shape index (κ1) is 7.98. The molecule has 1 N–H and O–H groups in total.